The number of hydrogen-bond donors (Lipinski definition) is 2. The van der Waals surface area contributed by atoms with E-state index >= 15 is 0 Å². The molecule has 1 amide bonds. The van der Waals surface area contributed by atoms with Crippen LogP contribution < -0.4 is 14.8 Å². The molecule has 3 rings (SSSR count). The van der Waals surface area contributed by atoms with Gasteiger partial charge < -0.3 is 10.1 Å². The lowest BCUT2D eigenvalue weighted by Gasteiger charge is -2.11. The van der Waals surface area contributed by atoms with E-state index in [1.807, 2.05) is 32.0 Å². The first-order valence-electron chi connectivity index (χ1n) is 8.96. The van der Waals surface area contributed by atoms with Gasteiger partial charge in [-0.1, -0.05) is 17.7 Å². The van der Waals surface area contributed by atoms with E-state index in [1.54, 1.807) is 0 Å². The van der Waals surface area contributed by atoms with Crippen molar-refractivity contribution < 1.29 is 17.9 Å². The molecule has 6 nitrogen and oxygen atoms in total. The molecule has 0 unspecified atom stereocenters. The first-order valence-corrected chi connectivity index (χ1v) is 10.4. The fourth-order valence-corrected chi connectivity index (χ4v) is 3.97. The van der Waals surface area contributed by atoms with Crippen molar-refractivity contribution >= 4 is 15.9 Å². The molecule has 0 bridgehead atoms. The second-order valence-electron chi connectivity index (χ2n) is 6.79. The van der Waals surface area contributed by atoms with Crippen LogP contribution in [0, 0.1) is 13.8 Å². The summed E-state index contributed by atoms with van der Waals surface area (Å²) in [6.07, 6.45) is 1.76. The topological polar surface area (TPSA) is 84.5 Å². The molecule has 7 heteroatoms. The van der Waals surface area contributed by atoms with Crippen LogP contribution in [0.15, 0.2) is 47.4 Å². The lowest BCUT2D eigenvalue weighted by molar-refractivity contribution is 0.0947. The smallest absolute Gasteiger partial charge is 0.251 e. The van der Waals surface area contributed by atoms with Gasteiger partial charge in [-0.05, 0) is 62.6 Å². The van der Waals surface area contributed by atoms with Gasteiger partial charge in [0.2, 0.25) is 10.0 Å². The maximum absolute atomic E-state index is 12.2. The molecular formula is C20H24N2O4S. The molecule has 0 spiro atoms. The summed E-state index contributed by atoms with van der Waals surface area (Å²) in [7, 11) is -3.50. The van der Waals surface area contributed by atoms with Crippen molar-refractivity contribution in [1.82, 2.24) is 10.0 Å². The number of ether oxygens (including phenoxy) is 1. The fourth-order valence-electron chi connectivity index (χ4n) is 2.66. The molecule has 2 aromatic rings. The second kappa shape index (κ2) is 8.10. The predicted molar refractivity (Wildman–Crippen MR) is 104 cm³/mol. The molecule has 1 aliphatic rings. The van der Waals surface area contributed by atoms with Gasteiger partial charge in [0.1, 0.15) is 12.4 Å². The summed E-state index contributed by atoms with van der Waals surface area (Å²) in [6.45, 7) is 4.72. The van der Waals surface area contributed by atoms with E-state index in [0.29, 0.717) is 18.7 Å². The minimum Gasteiger partial charge on any atom is -0.491 e. The number of sulfonamides is 1. The van der Waals surface area contributed by atoms with Crippen LogP contribution in [0.2, 0.25) is 0 Å². The Morgan fingerprint density at radius 3 is 2.44 bits per heavy atom. The fraction of sp³-hybridized carbons (Fsp3) is 0.350. The van der Waals surface area contributed by atoms with Crippen LogP contribution in [-0.4, -0.2) is 33.5 Å². The third kappa shape index (κ3) is 5.30. The Bertz CT molecular complexity index is 919. The second-order valence-corrected chi connectivity index (χ2v) is 8.51. The van der Waals surface area contributed by atoms with Gasteiger partial charge in [-0.3, -0.25) is 4.79 Å². The molecule has 0 radical (unpaired) electrons. The van der Waals surface area contributed by atoms with E-state index in [9.17, 15) is 13.2 Å². The van der Waals surface area contributed by atoms with Crippen LogP contribution in [0.1, 0.15) is 34.3 Å². The van der Waals surface area contributed by atoms with Gasteiger partial charge in [0.15, 0.2) is 0 Å². The number of hydrogen-bond acceptors (Lipinski definition) is 4. The average molecular weight is 388 g/mol. The summed E-state index contributed by atoms with van der Waals surface area (Å²) in [5, 5.41) is 2.77. The van der Waals surface area contributed by atoms with E-state index in [1.165, 1.54) is 29.8 Å². The van der Waals surface area contributed by atoms with E-state index < -0.39 is 10.0 Å². The summed E-state index contributed by atoms with van der Waals surface area (Å²) in [6, 6.07) is 11.9. The van der Waals surface area contributed by atoms with Gasteiger partial charge in [-0.25, -0.2) is 13.1 Å². The number of rotatable bonds is 8. The van der Waals surface area contributed by atoms with Crippen molar-refractivity contribution in [2.45, 2.75) is 37.6 Å². The number of carbonyl (C=O) groups excluding carboxylic acids is 1. The monoisotopic (exact) mass is 388 g/mol. The maximum atomic E-state index is 12.2. The Balaban J connectivity index is 1.49. The van der Waals surface area contributed by atoms with Crippen molar-refractivity contribution in [3.05, 3.63) is 59.2 Å². The number of carbonyl (C=O) groups is 1. The number of aryl methyl sites for hydroxylation is 2. The van der Waals surface area contributed by atoms with Crippen molar-refractivity contribution in [2.24, 2.45) is 0 Å². The minimum atomic E-state index is -3.50. The van der Waals surface area contributed by atoms with E-state index in [2.05, 4.69) is 10.0 Å². The van der Waals surface area contributed by atoms with Crippen LogP contribution in [-0.2, 0) is 10.0 Å². The summed E-state index contributed by atoms with van der Waals surface area (Å²) in [5.41, 5.74) is 2.63. The van der Waals surface area contributed by atoms with Crippen LogP contribution in [0.4, 0.5) is 0 Å². The normalized spacial score (nSPS) is 14.0. The van der Waals surface area contributed by atoms with E-state index in [0.717, 1.165) is 24.2 Å². The van der Waals surface area contributed by atoms with Crippen molar-refractivity contribution in [2.75, 3.05) is 13.2 Å². The quantitative estimate of drug-likeness (QED) is 0.681. The highest BCUT2D eigenvalue weighted by Crippen LogP contribution is 2.22. The summed E-state index contributed by atoms with van der Waals surface area (Å²) < 4.78 is 32.6. The molecule has 0 aromatic heterocycles. The van der Waals surface area contributed by atoms with Crippen LogP contribution >= 0.6 is 0 Å². The highest BCUT2D eigenvalue weighted by Gasteiger charge is 2.27. The zero-order valence-electron chi connectivity index (χ0n) is 15.5. The molecule has 2 aromatic carbocycles. The van der Waals surface area contributed by atoms with Crippen LogP contribution in [0.5, 0.6) is 5.75 Å². The Morgan fingerprint density at radius 1 is 1.11 bits per heavy atom. The highest BCUT2D eigenvalue weighted by atomic mass is 32.2. The first kappa shape index (κ1) is 19.4. The van der Waals surface area contributed by atoms with E-state index in [-0.39, 0.29) is 16.8 Å². The van der Waals surface area contributed by atoms with Crippen LogP contribution in [0.25, 0.3) is 0 Å². The largest absolute Gasteiger partial charge is 0.491 e. The Morgan fingerprint density at radius 2 is 1.81 bits per heavy atom. The molecule has 2 N–H and O–H groups in total. The summed E-state index contributed by atoms with van der Waals surface area (Å²) in [4.78, 5) is 12.4. The lowest BCUT2D eigenvalue weighted by atomic mass is 10.1. The Labute approximate surface area is 160 Å². The van der Waals surface area contributed by atoms with Gasteiger partial charge in [0.05, 0.1) is 11.4 Å². The molecule has 1 aliphatic carbocycles. The van der Waals surface area contributed by atoms with Crippen molar-refractivity contribution in [3.63, 3.8) is 0 Å². The molecule has 1 fully saturated rings. The van der Waals surface area contributed by atoms with Crippen LogP contribution in [0.3, 0.4) is 0 Å². The van der Waals surface area contributed by atoms with Gasteiger partial charge in [-0.2, -0.15) is 0 Å². The molecule has 144 valence electrons. The predicted octanol–water partition coefficient (Wildman–Crippen LogP) is 2.55. The van der Waals surface area contributed by atoms with Gasteiger partial charge in [0.25, 0.3) is 5.91 Å². The number of nitrogens with one attached hydrogen (secondary N) is 2. The standard InChI is InChI=1S/C20H24N2O4S/c1-14-3-10-19(15(2)13-14)26-12-11-21-20(23)16-4-8-18(9-5-16)27(24,25)22-17-6-7-17/h3-5,8-10,13,17,22H,6-7,11-12H2,1-2H3,(H,21,23). The lowest BCUT2D eigenvalue weighted by Crippen LogP contribution is -2.28. The molecule has 0 heterocycles. The molecular weight excluding hydrogens is 364 g/mol. The SMILES string of the molecule is Cc1ccc(OCCNC(=O)c2ccc(S(=O)(=O)NC3CC3)cc2)c(C)c1. The average Bonchev–Trinajstić information content (AvgIpc) is 3.43. The zero-order valence-corrected chi connectivity index (χ0v) is 16.3. The molecule has 1 saturated carbocycles. The zero-order chi connectivity index (χ0) is 19.4. The molecule has 0 aliphatic heterocycles. The third-order valence-corrected chi connectivity index (χ3v) is 5.84. The van der Waals surface area contributed by atoms with Gasteiger partial charge in [0, 0.05) is 11.6 Å². The Kier molecular flexibility index (Phi) is 5.82. The number of benzene rings is 2. The summed E-state index contributed by atoms with van der Waals surface area (Å²) in [5.74, 6) is 0.533. The molecule has 0 atom stereocenters. The van der Waals surface area contributed by atoms with Gasteiger partial charge >= 0.3 is 0 Å². The molecule has 27 heavy (non-hydrogen) atoms. The summed E-state index contributed by atoms with van der Waals surface area (Å²) >= 11 is 0. The minimum absolute atomic E-state index is 0.0511. The highest BCUT2D eigenvalue weighted by molar-refractivity contribution is 7.89. The number of amides is 1. The van der Waals surface area contributed by atoms with Crippen molar-refractivity contribution in [1.29, 1.82) is 0 Å². The maximum Gasteiger partial charge on any atom is 0.251 e. The Hall–Kier alpha value is -2.38. The first-order chi connectivity index (χ1) is 12.8. The third-order valence-electron chi connectivity index (χ3n) is 4.30. The molecule has 0 saturated heterocycles. The van der Waals surface area contributed by atoms with E-state index in [4.69, 9.17) is 4.74 Å². The van der Waals surface area contributed by atoms with Crippen molar-refractivity contribution in [3.8, 4) is 5.75 Å². The van der Waals surface area contributed by atoms with Gasteiger partial charge in [-0.15, -0.1) is 0 Å².